The van der Waals surface area contributed by atoms with E-state index in [1.54, 1.807) is 0 Å². The maximum absolute atomic E-state index is 12.3. The fourth-order valence-corrected chi connectivity index (χ4v) is 2.94. The van der Waals surface area contributed by atoms with E-state index in [1.165, 1.54) is 19.3 Å². The highest BCUT2D eigenvalue weighted by Crippen LogP contribution is 2.38. The van der Waals surface area contributed by atoms with Crippen LogP contribution < -0.4 is 0 Å². The second-order valence-corrected chi connectivity index (χ2v) is 5.28. The highest BCUT2D eigenvalue weighted by Gasteiger charge is 2.48. The van der Waals surface area contributed by atoms with E-state index in [0.717, 1.165) is 18.8 Å². The van der Waals surface area contributed by atoms with Crippen LogP contribution in [0.4, 0.5) is 13.2 Å². The quantitative estimate of drug-likeness (QED) is 0.708. The van der Waals surface area contributed by atoms with Gasteiger partial charge in [-0.05, 0) is 31.6 Å². The van der Waals surface area contributed by atoms with Gasteiger partial charge in [0.05, 0.1) is 5.92 Å². The minimum Gasteiger partial charge on any atom is -0.299 e. The third-order valence-corrected chi connectivity index (χ3v) is 4.28. The fourth-order valence-electron chi connectivity index (χ4n) is 2.94. The lowest BCUT2D eigenvalue weighted by molar-refractivity contribution is -0.215. The lowest BCUT2D eigenvalue weighted by Crippen LogP contribution is -2.57. The maximum Gasteiger partial charge on any atom is 0.394 e. The van der Waals surface area contributed by atoms with E-state index in [4.69, 9.17) is 0 Å². The molecule has 0 amide bonds. The number of nitrogens with zero attached hydrogens (tertiary/aromatic N) is 1. The molecular weight excluding hydrogens is 215 g/mol. The minimum absolute atomic E-state index is 0.241. The molecule has 0 radical (unpaired) electrons. The van der Waals surface area contributed by atoms with Crippen molar-refractivity contribution in [2.45, 2.75) is 51.2 Å². The summed E-state index contributed by atoms with van der Waals surface area (Å²) in [7, 11) is 0. The molecule has 1 aliphatic heterocycles. The van der Waals surface area contributed by atoms with E-state index < -0.39 is 12.1 Å². The van der Waals surface area contributed by atoms with Crippen molar-refractivity contribution in [3.63, 3.8) is 0 Å². The van der Waals surface area contributed by atoms with Crippen molar-refractivity contribution in [1.82, 2.24) is 4.90 Å². The molecule has 2 fully saturated rings. The number of rotatable bonds is 2. The highest BCUT2D eigenvalue weighted by molar-refractivity contribution is 4.90. The van der Waals surface area contributed by atoms with Crippen LogP contribution in [0.15, 0.2) is 0 Å². The predicted molar refractivity (Wildman–Crippen MR) is 57.2 cm³/mol. The number of alkyl halides is 3. The lowest BCUT2D eigenvalue weighted by atomic mass is 9.82. The Morgan fingerprint density at radius 1 is 1.06 bits per heavy atom. The summed E-state index contributed by atoms with van der Waals surface area (Å²) >= 11 is 0. The molecule has 1 saturated carbocycles. The van der Waals surface area contributed by atoms with Gasteiger partial charge < -0.3 is 0 Å². The molecule has 1 aliphatic carbocycles. The second-order valence-electron chi connectivity index (χ2n) is 5.28. The van der Waals surface area contributed by atoms with Gasteiger partial charge in [0.2, 0.25) is 0 Å². The molecule has 1 nitrogen and oxygen atoms in total. The van der Waals surface area contributed by atoms with Gasteiger partial charge in [-0.1, -0.05) is 13.3 Å². The third kappa shape index (κ3) is 2.53. The first-order chi connectivity index (χ1) is 7.50. The first-order valence-corrected chi connectivity index (χ1v) is 6.31. The highest BCUT2D eigenvalue weighted by atomic mass is 19.4. The van der Waals surface area contributed by atoms with Gasteiger partial charge in [0, 0.05) is 19.1 Å². The normalized spacial score (nSPS) is 33.8. The molecule has 94 valence electrons. The van der Waals surface area contributed by atoms with E-state index in [9.17, 15) is 13.2 Å². The van der Waals surface area contributed by atoms with Crippen LogP contribution in [-0.2, 0) is 0 Å². The summed E-state index contributed by atoms with van der Waals surface area (Å²) < 4.78 is 37.0. The largest absolute Gasteiger partial charge is 0.394 e. The van der Waals surface area contributed by atoms with Crippen molar-refractivity contribution >= 4 is 0 Å². The van der Waals surface area contributed by atoms with E-state index in [1.807, 2.05) is 4.90 Å². The summed E-state index contributed by atoms with van der Waals surface area (Å²) in [6, 6.07) is 0.432. The van der Waals surface area contributed by atoms with E-state index in [0.29, 0.717) is 6.04 Å². The Hall–Kier alpha value is -0.250. The van der Waals surface area contributed by atoms with Crippen LogP contribution in [0, 0.1) is 11.8 Å². The molecule has 0 spiro atoms. The molecule has 1 heterocycles. The molecular formula is C12H20F3N. The van der Waals surface area contributed by atoms with Crippen molar-refractivity contribution in [3.05, 3.63) is 0 Å². The van der Waals surface area contributed by atoms with Crippen molar-refractivity contribution in [2.24, 2.45) is 11.8 Å². The van der Waals surface area contributed by atoms with Gasteiger partial charge in [-0.3, -0.25) is 4.90 Å². The molecule has 0 aromatic heterocycles. The van der Waals surface area contributed by atoms with Crippen LogP contribution in [0.2, 0.25) is 0 Å². The zero-order chi connectivity index (χ0) is 11.8. The summed E-state index contributed by atoms with van der Waals surface area (Å²) in [5.74, 6) is -0.243. The van der Waals surface area contributed by atoms with Gasteiger partial charge in [-0.25, -0.2) is 0 Å². The zero-order valence-electron chi connectivity index (χ0n) is 9.76. The Kier molecular flexibility index (Phi) is 3.48. The summed E-state index contributed by atoms with van der Waals surface area (Å²) in [6.45, 7) is 2.68. The number of halogens is 3. The van der Waals surface area contributed by atoms with Crippen LogP contribution >= 0.6 is 0 Å². The summed E-state index contributed by atoms with van der Waals surface area (Å²) in [5, 5.41) is 0. The maximum atomic E-state index is 12.3. The molecule has 0 bridgehead atoms. The van der Waals surface area contributed by atoms with Crippen molar-refractivity contribution in [1.29, 1.82) is 0 Å². The first kappa shape index (κ1) is 12.2. The van der Waals surface area contributed by atoms with Gasteiger partial charge in [-0.2, -0.15) is 13.2 Å². The zero-order valence-corrected chi connectivity index (χ0v) is 9.76. The van der Waals surface area contributed by atoms with Crippen LogP contribution in [0.1, 0.15) is 39.0 Å². The van der Waals surface area contributed by atoms with Crippen molar-refractivity contribution in [3.8, 4) is 0 Å². The SMILES string of the molecule is CC[C@H]1CC[C@@H](N2CC(C(F)(F)F)C2)CC1. The number of likely N-dealkylation sites (tertiary alicyclic amines) is 1. The van der Waals surface area contributed by atoms with Crippen LogP contribution in [0.3, 0.4) is 0 Å². The Morgan fingerprint density at radius 2 is 1.62 bits per heavy atom. The smallest absolute Gasteiger partial charge is 0.299 e. The predicted octanol–water partition coefficient (Wildman–Crippen LogP) is 3.45. The van der Waals surface area contributed by atoms with Crippen LogP contribution in [-0.4, -0.2) is 30.2 Å². The summed E-state index contributed by atoms with van der Waals surface area (Å²) in [4.78, 5) is 2.03. The average molecular weight is 235 g/mol. The van der Waals surface area contributed by atoms with Gasteiger partial charge >= 0.3 is 6.18 Å². The summed E-state index contributed by atoms with van der Waals surface area (Å²) in [6.07, 6.45) is 1.85. The molecule has 4 heteroatoms. The van der Waals surface area contributed by atoms with Gasteiger partial charge in [0.15, 0.2) is 0 Å². The van der Waals surface area contributed by atoms with Crippen LogP contribution in [0.5, 0.6) is 0 Å². The fraction of sp³-hybridized carbons (Fsp3) is 1.00. The topological polar surface area (TPSA) is 3.24 Å². The van der Waals surface area contributed by atoms with Gasteiger partial charge in [0.1, 0.15) is 0 Å². The number of hydrogen-bond acceptors (Lipinski definition) is 1. The van der Waals surface area contributed by atoms with Gasteiger partial charge in [-0.15, -0.1) is 0 Å². The van der Waals surface area contributed by atoms with Crippen molar-refractivity contribution in [2.75, 3.05) is 13.1 Å². The standard InChI is InChI=1S/C12H20F3N/c1-2-9-3-5-11(6-4-9)16-7-10(8-16)12(13,14)15/h9-11H,2-8H2,1H3/t9-,11+. The van der Waals surface area contributed by atoms with Gasteiger partial charge in [0.25, 0.3) is 0 Å². The van der Waals surface area contributed by atoms with E-state index in [-0.39, 0.29) is 13.1 Å². The Bertz CT molecular complexity index is 225. The Morgan fingerprint density at radius 3 is 2.06 bits per heavy atom. The molecule has 2 rings (SSSR count). The lowest BCUT2D eigenvalue weighted by Gasteiger charge is -2.47. The Labute approximate surface area is 95.0 Å². The van der Waals surface area contributed by atoms with E-state index >= 15 is 0 Å². The molecule has 0 N–H and O–H groups in total. The molecule has 0 aromatic rings. The second kappa shape index (κ2) is 4.55. The Balaban J connectivity index is 1.73. The monoisotopic (exact) mass is 235 g/mol. The van der Waals surface area contributed by atoms with Crippen LogP contribution in [0.25, 0.3) is 0 Å². The summed E-state index contributed by atoms with van der Waals surface area (Å²) in [5.41, 5.74) is 0. The minimum atomic E-state index is -3.98. The van der Waals surface area contributed by atoms with E-state index in [2.05, 4.69) is 6.92 Å². The molecule has 16 heavy (non-hydrogen) atoms. The average Bonchev–Trinajstić information content (AvgIpc) is 2.14. The third-order valence-electron chi connectivity index (χ3n) is 4.28. The molecule has 0 unspecified atom stereocenters. The number of hydrogen-bond donors (Lipinski definition) is 0. The van der Waals surface area contributed by atoms with Crippen molar-refractivity contribution < 1.29 is 13.2 Å². The molecule has 0 atom stereocenters. The molecule has 0 aromatic carbocycles. The molecule has 2 aliphatic rings. The molecule has 1 saturated heterocycles. The first-order valence-electron chi connectivity index (χ1n) is 6.31.